The molecule has 0 aliphatic heterocycles. The lowest BCUT2D eigenvalue weighted by Gasteiger charge is -2.19. The number of carbonyl (C=O) groups excluding carboxylic acids is 1. The fourth-order valence-electron chi connectivity index (χ4n) is 1.46. The van der Waals surface area contributed by atoms with Crippen molar-refractivity contribution in [2.24, 2.45) is 0 Å². The van der Waals surface area contributed by atoms with Gasteiger partial charge in [0.1, 0.15) is 0 Å². The van der Waals surface area contributed by atoms with Crippen molar-refractivity contribution in [3.63, 3.8) is 0 Å². The van der Waals surface area contributed by atoms with Crippen molar-refractivity contribution in [3.05, 3.63) is 35.4 Å². The average molecular weight is 275 g/mol. The molecule has 0 fully saturated rings. The van der Waals surface area contributed by atoms with E-state index >= 15 is 0 Å². The first-order chi connectivity index (χ1) is 8.72. The van der Waals surface area contributed by atoms with Crippen LogP contribution in [-0.2, 0) is 0 Å². The summed E-state index contributed by atoms with van der Waals surface area (Å²) in [5.41, 5.74) is -0.356. The van der Waals surface area contributed by atoms with Crippen molar-refractivity contribution in [1.29, 1.82) is 0 Å². The molecule has 0 saturated heterocycles. The number of rotatable bonds is 4. The predicted molar refractivity (Wildman–Crippen MR) is 61.0 cm³/mol. The lowest BCUT2D eigenvalue weighted by atomic mass is 10.1. The average Bonchev–Trinajstić information content (AvgIpc) is 2.34. The molecule has 0 saturated carbocycles. The Morgan fingerprint density at radius 3 is 2.21 bits per heavy atom. The van der Waals surface area contributed by atoms with Crippen LogP contribution in [0.5, 0.6) is 0 Å². The minimum Gasteiger partial charge on any atom is -0.478 e. The second-order valence-electron chi connectivity index (χ2n) is 3.94. The number of hydrogen-bond acceptors (Lipinski definition) is 2. The van der Waals surface area contributed by atoms with Gasteiger partial charge in [-0.3, -0.25) is 4.79 Å². The van der Waals surface area contributed by atoms with E-state index in [1.54, 1.807) is 0 Å². The van der Waals surface area contributed by atoms with Crippen molar-refractivity contribution < 1.29 is 27.9 Å². The van der Waals surface area contributed by atoms with Crippen molar-refractivity contribution >= 4 is 11.9 Å². The predicted octanol–water partition coefficient (Wildman–Crippen LogP) is 2.41. The van der Waals surface area contributed by atoms with E-state index in [2.05, 4.69) is 0 Å². The Hall–Kier alpha value is -2.05. The summed E-state index contributed by atoms with van der Waals surface area (Å²) >= 11 is 0. The molecule has 0 unspecified atom stereocenters. The summed E-state index contributed by atoms with van der Waals surface area (Å²) in [6.07, 6.45) is -5.49. The molecule has 0 atom stereocenters. The number of benzene rings is 1. The van der Waals surface area contributed by atoms with E-state index < -0.39 is 31.0 Å². The molecule has 1 aromatic rings. The molecule has 0 aliphatic carbocycles. The summed E-state index contributed by atoms with van der Waals surface area (Å²) in [5.74, 6) is -2.05. The van der Waals surface area contributed by atoms with Gasteiger partial charge in [-0.05, 0) is 12.1 Å². The summed E-state index contributed by atoms with van der Waals surface area (Å²) in [4.78, 5) is 23.7. The molecule has 1 N–H and O–H groups in total. The van der Waals surface area contributed by atoms with E-state index in [9.17, 15) is 22.8 Å². The van der Waals surface area contributed by atoms with Crippen LogP contribution in [0.25, 0.3) is 0 Å². The SMILES string of the molecule is CN(CCC(F)(F)F)C(=O)c1ccccc1C(=O)O. The molecule has 104 valence electrons. The zero-order valence-corrected chi connectivity index (χ0v) is 10.1. The summed E-state index contributed by atoms with van der Waals surface area (Å²) < 4.78 is 36.2. The number of alkyl halides is 3. The largest absolute Gasteiger partial charge is 0.478 e. The third-order valence-electron chi connectivity index (χ3n) is 2.47. The van der Waals surface area contributed by atoms with Crippen molar-refractivity contribution in [3.8, 4) is 0 Å². The van der Waals surface area contributed by atoms with Gasteiger partial charge >= 0.3 is 12.1 Å². The van der Waals surface area contributed by atoms with Crippen molar-refractivity contribution in [2.45, 2.75) is 12.6 Å². The number of halogens is 3. The summed E-state index contributed by atoms with van der Waals surface area (Å²) in [7, 11) is 1.20. The number of carbonyl (C=O) groups is 2. The van der Waals surface area contributed by atoms with Crippen LogP contribution in [0.1, 0.15) is 27.1 Å². The van der Waals surface area contributed by atoms with Crippen LogP contribution in [0.15, 0.2) is 24.3 Å². The number of hydrogen-bond donors (Lipinski definition) is 1. The van der Waals surface area contributed by atoms with Gasteiger partial charge in [0.2, 0.25) is 0 Å². The summed E-state index contributed by atoms with van der Waals surface area (Å²) in [5, 5.41) is 8.90. The Labute approximate surface area is 107 Å². The number of carboxylic acid groups (broad SMARTS) is 1. The van der Waals surface area contributed by atoms with Crippen LogP contribution in [0.3, 0.4) is 0 Å². The van der Waals surface area contributed by atoms with Gasteiger partial charge in [-0.2, -0.15) is 13.2 Å². The fraction of sp³-hybridized carbons (Fsp3) is 0.333. The number of nitrogens with zero attached hydrogens (tertiary/aromatic N) is 1. The molecule has 0 radical (unpaired) electrons. The van der Waals surface area contributed by atoms with Crippen LogP contribution in [-0.4, -0.2) is 41.7 Å². The van der Waals surface area contributed by atoms with Gasteiger partial charge in [0, 0.05) is 13.6 Å². The van der Waals surface area contributed by atoms with E-state index in [-0.39, 0.29) is 11.1 Å². The first-order valence-corrected chi connectivity index (χ1v) is 5.37. The van der Waals surface area contributed by atoms with Gasteiger partial charge in [0.15, 0.2) is 0 Å². The Kier molecular flexibility index (Phi) is 4.52. The maximum absolute atomic E-state index is 12.1. The van der Waals surface area contributed by atoms with Gasteiger partial charge < -0.3 is 10.0 Å². The van der Waals surface area contributed by atoms with E-state index in [1.165, 1.54) is 31.3 Å². The Balaban J connectivity index is 2.86. The Morgan fingerprint density at radius 2 is 1.74 bits per heavy atom. The van der Waals surface area contributed by atoms with E-state index in [0.29, 0.717) is 0 Å². The summed E-state index contributed by atoms with van der Waals surface area (Å²) in [6.45, 7) is -0.518. The third-order valence-corrected chi connectivity index (χ3v) is 2.47. The first kappa shape index (κ1) is 15.0. The molecule has 0 heterocycles. The molecule has 0 spiro atoms. The maximum Gasteiger partial charge on any atom is 0.390 e. The van der Waals surface area contributed by atoms with E-state index in [0.717, 1.165) is 4.90 Å². The fourth-order valence-corrected chi connectivity index (χ4v) is 1.46. The number of amides is 1. The van der Waals surface area contributed by atoms with Crippen molar-refractivity contribution in [1.82, 2.24) is 4.90 Å². The normalized spacial score (nSPS) is 11.2. The second kappa shape index (κ2) is 5.73. The minimum absolute atomic E-state index is 0.125. The standard InChI is InChI=1S/C12H12F3NO3/c1-16(7-6-12(13,14)15)10(17)8-4-2-3-5-9(8)11(18)19/h2-5H,6-7H2,1H3,(H,18,19). The topological polar surface area (TPSA) is 57.6 Å². The molecule has 1 amide bonds. The monoisotopic (exact) mass is 275 g/mol. The van der Waals surface area contributed by atoms with Crippen LogP contribution < -0.4 is 0 Å². The molecule has 1 rings (SSSR count). The van der Waals surface area contributed by atoms with Gasteiger partial charge in [-0.15, -0.1) is 0 Å². The molecule has 0 bridgehead atoms. The highest BCUT2D eigenvalue weighted by Crippen LogP contribution is 2.20. The molecule has 0 aliphatic rings. The Morgan fingerprint density at radius 1 is 1.21 bits per heavy atom. The minimum atomic E-state index is -4.36. The van der Waals surface area contributed by atoms with Crippen LogP contribution in [0.4, 0.5) is 13.2 Å². The number of aromatic carboxylic acids is 1. The molecular formula is C12H12F3NO3. The Bertz CT molecular complexity index is 485. The highest BCUT2D eigenvalue weighted by Gasteiger charge is 2.28. The number of carboxylic acids is 1. The zero-order valence-electron chi connectivity index (χ0n) is 10.1. The van der Waals surface area contributed by atoms with E-state index in [1.807, 2.05) is 0 Å². The van der Waals surface area contributed by atoms with E-state index in [4.69, 9.17) is 5.11 Å². The van der Waals surface area contributed by atoms with Gasteiger partial charge in [-0.1, -0.05) is 12.1 Å². The zero-order chi connectivity index (χ0) is 14.6. The van der Waals surface area contributed by atoms with Crippen LogP contribution in [0.2, 0.25) is 0 Å². The smallest absolute Gasteiger partial charge is 0.390 e. The molecule has 4 nitrogen and oxygen atoms in total. The van der Waals surface area contributed by atoms with Gasteiger partial charge in [0.25, 0.3) is 5.91 Å². The quantitative estimate of drug-likeness (QED) is 0.918. The lowest BCUT2D eigenvalue weighted by molar-refractivity contribution is -0.136. The third kappa shape index (κ3) is 4.27. The highest BCUT2D eigenvalue weighted by atomic mass is 19.4. The van der Waals surface area contributed by atoms with Crippen LogP contribution >= 0.6 is 0 Å². The van der Waals surface area contributed by atoms with Gasteiger partial charge in [-0.25, -0.2) is 4.79 Å². The highest BCUT2D eigenvalue weighted by molar-refractivity contribution is 6.04. The molecule has 1 aromatic carbocycles. The maximum atomic E-state index is 12.1. The summed E-state index contributed by atoms with van der Waals surface area (Å²) in [6, 6.07) is 5.40. The molecule has 19 heavy (non-hydrogen) atoms. The van der Waals surface area contributed by atoms with Crippen LogP contribution in [0, 0.1) is 0 Å². The molecule has 7 heteroatoms. The molecular weight excluding hydrogens is 263 g/mol. The lowest BCUT2D eigenvalue weighted by Crippen LogP contribution is -2.31. The molecule has 0 aromatic heterocycles. The first-order valence-electron chi connectivity index (χ1n) is 5.37. The second-order valence-corrected chi connectivity index (χ2v) is 3.94. The van der Waals surface area contributed by atoms with Gasteiger partial charge in [0.05, 0.1) is 17.5 Å². The van der Waals surface area contributed by atoms with Crippen molar-refractivity contribution in [2.75, 3.05) is 13.6 Å².